The summed E-state index contributed by atoms with van der Waals surface area (Å²) in [4.78, 5) is 4.35. The van der Waals surface area contributed by atoms with Crippen molar-refractivity contribution in [2.24, 2.45) is 0 Å². The molecule has 0 saturated heterocycles. The van der Waals surface area contributed by atoms with E-state index < -0.39 is 11.3 Å². The topological polar surface area (TPSA) is 64.9 Å². The highest BCUT2D eigenvalue weighted by molar-refractivity contribution is 6.36. The van der Waals surface area contributed by atoms with Crippen LogP contribution in [0.3, 0.4) is 0 Å². The van der Waals surface area contributed by atoms with Crippen molar-refractivity contribution < 1.29 is 13.3 Å². The molecule has 23 heavy (non-hydrogen) atoms. The first-order chi connectivity index (χ1) is 10.8. The van der Waals surface area contributed by atoms with Gasteiger partial charge in [-0.05, 0) is 25.0 Å². The number of nitrogens with two attached hydrogens (primary N) is 1. The molecule has 2 aliphatic rings. The maximum Gasteiger partial charge on any atom is 0.249 e. The van der Waals surface area contributed by atoms with Crippen LogP contribution >= 0.6 is 23.2 Å². The van der Waals surface area contributed by atoms with E-state index in [1.54, 1.807) is 12.1 Å². The van der Waals surface area contributed by atoms with Crippen molar-refractivity contribution in [3.05, 3.63) is 39.5 Å². The van der Waals surface area contributed by atoms with Gasteiger partial charge in [-0.25, -0.2) is 8.78 Å². The summed E-state index contributed by atoms with van der Waals surface area (Å²) < 4.78 is 31.2. The van der Waals surface area contributed by atoms with Crippen LogP contribution in [-0.4, -0.2) is 16.1 Å². The van der Waals surface area contributed by atoms with E-state index in [4.69, 9.17) is 33.5 Å². The smallest absolute Gasteiger partial charge is 0.249 e. The Morgan fingerprint density at radius 1 is 1.17 bits per heavy atom. The van der Waals surface area contributed by atoms with E-state index in [0.717, 1.165) is 18.4 Å². The van der Waals surface area contributed by atoms with Gasteiger partial charge in [0.25, 0.3) is 0 Å². The van der Waals surface area contributed by atoms with E-state index in [0.29, 0.717) is 21.6 Å². The molecule has 4 nitrogen and oxygen atoms in total. The molecule has 0 radical (unpaired) electrons. The van der Waals surface area contributed by atoms with Gasteiger partial charge in [0.1, 0.15) is 0 Å². The molecule has 2 N–H and O–H groups in total. The van der Waals surface area contributed by atoms with Crippen molar-refractivity contribution in [1.82, 2.24) is 10.1 Å². The molecule has 0 spiro atoms. The van der Waals surface area contributed by atoms with Crippen molar-refractivity contribution in [2.45, 2.75) is 42.9 Å². The van der Waals surface area contributed by atoms with Crippen molar-refractivity contribution >= 4 is 28.9 Å². The summed E-state index contributed by atoms with van der Waals surface area (Å²) in [6.45, 7) is 0. The predicted octanol–water partition coefficient (Wildman–Crippen LogP) is 4.55. The fourth-order valence-electron chi connectivity index (χ4n) is 3.19. The molecule has 122 valence electrons. The summed E-state index contributed by atoms with van der Waals surface area (Å²) in [5.41, 5.74) is 6.43. The Hall–Kier alpha value is -1.40. The summed E-state index contributed by atoms with van der Waals surface area (Å²) in [5, 5.41) is 4.91. The number of nitrogen functional groups attached to an aromatic ring is 1. The standard InChI is InChI=1S/C15H13Cl2F2N3O/c16-9-3-8(20)4-10(17)11(9)14(1-2-14)13-21-12(23-22-13)7-5-15(18,19)6-7/h3-4,7H,1-2,5-6,20H2. The molecule has 2 fully saturated rings. The molecule has 0 bridgehead atoms. The molecular formula is C15H13Cl2F2N3O. The van der Waals surface area contributed by atoms with Gasteiger partial charge in [0.05, 0.1) is 5.41 Å². The summed E-state index contributed by atoms with van der Waals surface area (Å²) in [7, 11) is 0. The van der Waals surface area contributed by atoms with Gasteiger partial charge >= 0.3 is 0 Å². The van der Waals surface area contributed by atoms with Gasteiger partial charge in [0, 0.05) is 40.1 Å². The normalized spacial score (nSPS) is 21.9. The average Bonchev–Trinajstić information content (AvgIpc) is 3.04. The molecule has 2 aliphatic carbocycles. The third kappa shape index (κ3) is 2.39. The fraction of sp³-hybridized carbons (Fsp3) is 0.467. The third-order valence-corrected chi connectivity index (χ3v) is 5.20. The monoisotopic (exact) mass is 359 g/mol. The highest BCUT2D eigenvalue weighted by atomic mass is 35.5. The molecular weight excluding hydrogens is 347 g/mol. The summed E-state index contributed by atoms with van der Waals surface area (Å²) in [6.07, 6.45) is 1.06. The Morgan fingerprint density at radius 2 is 1.78 bits per heavy atom. The molecule has 0 amide bonds. The Balaban J connectivity index is 1.67. The average molecular weight is 360 g/mol. The minimum Gasteiger partial charge on any atom is -0.399 e. The number of halogens is 4. The molecule has 2 aromatic rings. The Kier molecular flexibility index (Phi) is 3.16. The van der Waals surface area contributed by atoms with Crippen molar-refractivity contribution in [3.8, 4) is 0 Å². The van der Waals surface area contributed by atoms with E-state index in [2.05, 4.69) is 10.1 Å². The SMILES string of the molecule is Nc1cc(Cl)c(C2(c3noc(C4CC(F)(F)C4)n3)CC2)c(Cl)c1. The van der Waals surface area contributed by atoms with Crippen LogP contribution in [0.4, 0.5) is 14.5 Å². The van der Waals surface area contributed by atoms with Gasteiger partial charge in [-0.3, -0.25) is 0 Å². The van der Waals surface area contributed by atoms with Crippen LogP contribution < -0.4 is 5.73 Å². The molecule has 1 aromatic carbocycles. The van der Waals surface area contributed by atoms with Gasteiger partial charge in [0.2, 0.25) is 11.8 Å². The number of benzene rings is 1. The van der Waals surface area contributed by atoms with Crippen LogP contribution in [0, 0.1) is 0 Å². The number of alkyl halides is 2. The third-order valence-electron chi connectivity index (χ3n) is 4.60. The lowest BCUT2D eigenvalue weighted by Crippen LogP contribution is -2.33. The lowest BCUT2D eigenvalue weighted by Gasteiger charge is -2.32. The summed E-state index contributed by atoms with van der Waals surface area (Å²) in [6, 6.07) is 3.27. The number of aromatic nitrogens is 2. The zero-order chi connectivity index (χ0) is 16.4. The van der Waals surface area contributed by atoms with Crippen LogP contribution in [-0.2, 0) is 5.41 Å². The van der Waals surface area contributed by atoms with E-state index >= 15 is 0 Å². The molecule has 1 aromatic heterocycles. The first kappa shape index (κ1) is 15.1. The second-order valence-electron chi connectivity index (χ2n) is 6.36. The molecule has 0 atom stereocenters. The molecule has 0 unspecified atom stereocenters. The van der Waals surface area contributed by atoms with Crippen molar-refractivity contribution in [1.29, 1.82) is 0 Å². The Labute approximate surface area is 140 Å². The second-order valence-corrected chi connectivity index (χ2v) is 7.17. The first-order valence-electron chi connectivity index (χ1n) is 7.28. The predicted molar refractivity (Wildman–Crippen MR) is 82.1 cm³/mol. The van der Waals surface area contributed by atoms with Gasteiger partial charge in [-0.2, -0.15) is 4.98 Å². The summed E-state index contributed by atoms with van der Waals surface area (Å²) in [5.74, 6) is -2.28. The highest BCUT2D eigenvalue weighted by Crippen LogP contribution is 2.57. The molecule has 0 aliphatic heterocycles. The Bertz CT molecular complexity index is 758. The van der Waals surface area contributed by atoms with Crippen LogP contribution in [0.15, 0.2) is 16.7 Å². The maximum atomic E-state index is 13.0. The molecule has 1 heterocycles. The van der Waals surface area contributed by atoms with Crippen molar-refractivity contribution in [3.63, 3.8) is 0 Å². The lowest BCUT2D eigenvalue weighted by atomic mass is 9.81. The largest absolute Gasteiger partial charge is 0.399 e. The summed E-state index contributed by atoms with van der Waals surface area (Å²) >= 11 is 12.6. The van der Waals surface area contributed by atoms with Gasteiger partial charge < -0.3 is 10.3 Å². The maximum absolute atomic E-state index is 13.0. The van der Waals surface area contributed by atoms with Crippen LogP contribution in [0.1, 0.15) is 48.9 Å². The number of hydrogen-bond acceptors (Lipinski definition) is 4. The van der Waals surface area contributed by atoms with E-state index in [9.17, 15) is 8.78 Å². The van der Waals surface area contributed by atoms with Crippen LogP contribution in [0.25, 0.3) is 0 Å². The fourth-order valence-corrected chi connectivity index (χ4v) is 4.06. The molecule has 2 saturated carbocycles. The van der Waals surface area contributed by atoms with E-state index in [-0.39, 0.29) is 24.7 Å². The number of anilines is 1. The first-order valence-corrected chi connectivity index (χ1v) is 8.03. The van der Waals surface area contributed by atoms with E-state index in [1.807, 2.05) is 0 Å². The van der Waals surface area contributed by atoms with Gasteiger partial charge in [-0.15, -0.1) is 0 Å². The second kappa shape index (κ2) is 4.80. The van der Waals surface area contributed by atoms with Crippen molar-refractivity contribution in [2.75, 3.05) is 5.73 Å². The number of nitrogens with zero attached hydrogens (tertiary/aromatic N) is 2. The van der Waals surface area contributed by atoms with Gasteiger partial charge in [0.15, 0.2) is 5.82 Å². The minimum atomic E-state index is -2.62. The minimum absolute atomic E-state index is 0.245. The molecule has 4 rings (SSSR count). The van der Waals surface area contributed by atoms with E-state index in [1.165, 1.54) is 0 Å². The van der Waals surface area contributed by atoms with Gasteiger partial charge in [-0.1, -0.05) is 28.4 Å². The zero-order valence-electron chi connectivity index (χ0n) is 12.0. The number of rotatable bonds is 3. The van der Waals surface area contributed by atoms with Crippen LogP contribution in [0.5, 0.6) is 0 Å². The quantitative estimate of drug-likeness (QED) is 0.816. The number of hydrogen-bond donors (Lipinski definition) is 1. The zero-order valence-corrected chi connectivity index (χ0v) is 13.5. The Morgan fingerprint density at radius 3 is 2.30 bits per heavy atom. The van der Waals surface area contributed by atoms with Crippen LogP contribution in [0.2, 0.25) is 10.0 Å². The highest BCUT2D eigenvalue weighted by Gasteiger charge is 2.54. The molecule has 8 heteroatoms. The lowest BCUT2D eigenvalue weighted by molar-refractivity contribution is -0.0925.